The smallest absolute Gasteiger partial charge is 0.388 e. The highest BCUT2D eigenvalue weighted by Gasteiger charge is 2.51. The molecule has 0 aliphatic carbocycles. The Kier molecular flexibility index (Phi) is 6.32. The Morgan fingerprint density at radius 3 is 2.63 bits per heavy atom. The third-order valence-electron chi connectivity index (χ3n) is 5.26. The maximum Gasteiger partial charge on any atom is 0.388 e. The standard InChI is InChI=1S/C22H24F2N4O2/c1-14(2)16-6-4-5-7-17(16)22(12-28(13-22)11-10-25)20(29)27-18-9-8-15(3)26-19(18)30-21(23)24/h4-9,14,21H,11-13H2,1-3H3,(H,27,29). The van der Waals surface area contributed by atoms with E-state index >= 15 is 0 Å². The van der Waals surface area contributed by atoms with E-state index in [2.05, 4.69) is 35.0 Å². The molecule has 0 bridgehead atoms. The highest BCUT2D eigenvalue weighted by atomic mass is 19.3. The van der Waals surface area contributed by atoms with Gasteiger partial charge >= 0.3 is 6.61 Å². The average molecular weight is 414 g/mol. The van der Waals surface area contributed by atoms with Crippen molar-refractivity contribution in [2.75, 3.05) is 25.0 Å². The van der Waals surface area contributed by atoms with Crippen LogP contribution < -0.4 is 10.1 Å². The van der Waals surface area contributed by atoms with Gasteiger partial charge in [-0.2, -0.15) is 14.0 Å². The molecule has 0 spiro atoms. The Labute approximate surface area is 174 Å². The number of benzene rings is 1. The van der Waals surface area contributed by atoms with Gasteiger partial charge in [-0.25, -0.2) is 4.98 Å². The SMILES string of the molecule is Cc1ccc(NC(=O)C2(c3ccccc3C(C)C)CN(CC#N)C2)c(OC(F)F)n1. The fourth-order valence-corrected chi connectivity index (χ4v) is 3.85. The highest BCUT2D eigenvalue weighted by Crippen LogP contribution is 2.40. The Balaban J connectivity index is 1.97. The Morgan fingerprint density at radius 1 is 1.30 bits per heavy atom. The number of aromatic nitrogens is 1. The molecule has 0 saturated carbocycles. The first-order valence-corrected chi connectivity index (χ1v) is 9.69. The number of nitrogens with one attached hydrogen (secondary N) is 1. The summed E-state index contributed by atoms with van der Waals surface area (Å²) in [6, 6.07) is 12.9. The summed E-state index contributed by atoms with van der Waals surface area (Å²) in [5.74, 6) is -0.469. The molecule has 30 heavy (non-hydrogen) atoms. The van der Waals surface area contributed by atoms with E-state index in [0.717, 1.165) is 11.1 Å². The van der Waals surface area contributed by atoms with E-state index in [1.54, 1.807) is 13.0 Å². The predicted molar refractivity (Wildman–Crippen MR) is 108 cm³/mol. The van der Waals surface area contributed by atoms with Crippen LogP contribution in [0.5, 0.6) is 5.88 Å². The summed E-state index contributed by atoms with van der Waals surface area (Å²) >= 11 is 0. The number of nitrogens with zero attached hydrogens (tertiary/aromatic N) is 3. The number of rotatable bonds is 7. The zero-order chi connectivity index (χ0) is 21.9. The second-order valence-electron chi connectivity index (χ2n) is 7.77. The monoisotopic (exact) mass is 414 g/mol. The summed E-state index contributed by atoms with van der Waals surface area (Å²) in [5, 5.41) is 11.8. The molecule has 3 rings (SSSR count). The van der Waals surface area contributed by atoms with Gasteiger partial charge in [0.25, 0.3) is 0 Å². The molecule has 2 heterocycles. The van der Waals surface area contributed by atoms with Gasteiger partial charge in [0.2, 0.25) is 11.8 Å². The van der Waals surface area contributed by atoms with Gasteiger partial charge in [-0.15, -0.1) is 0 Å². The van der Waals surface area contributed by atoms with Crippen molar-refractivity contribution in [3.63, 3.8) is 0 Å². The number of carbonyl (C=O) groups is 1. The summed E-state index contributed by atoms with van der Waals surface area (Å²) < 4.78 is 30.1. The molecule has 1 aliphatic heterocycles. The number of halogens is 2. The molecule has 8 heteroatoms. The number of nitriles is 1. The number of alkyl halides is 2. The van der Waals surface area contributed by atoms with Crippen LogP contribution in [0.1, 0.15) is 36.6 Å². The van der Waals surface area contributed by atoms with Crippen LogP contribution in [0.3, 0.4) is 0 Å². The third-order valence-corrected chi connectivity index (χ3v) is 5.26. The van der Waals surface area contributed by atoms with Crippen LogP contribution in [-0.2, 0) is 10.2 Å². The number of ether oxygens (including phenoxy) is 1. The van der Waals surface area contributed by atoms with E-state index in [0.29, 0.717) is 18.8 Å². The number of hydrogen-bond acceptors (Lipinski definition) is 5. The second kappa shape index (κ2) is 8.76. The topological polar surface area (TPSA) is 78.2 Å². The number of anilines is 1. The van der Waals surface area contributed by atoms with Crippen LogP contribution in [0.15, 0.2) is 36.4 Å². The van der Waals surface area contributed by atoms with E-state index < -0.39 is 12.0 Å². The van der Waals surface area contributed by atoms with Crippen molar-refractivity contribution in [2.24, 2.45) is 0 Å². The maximum absolute atomic E-state index is 13.5. The van der Waals surface area contributed by atoms with E-state index in [1.807, 2.05) is 29.2 Å². The van der Waals surface area contributed by atoms with E-state index in [1.165, 1.54) is 6.07 Å². The molecule has 1 fully saturated rings. The van der Waals surface area contributed by atoms with Gasteiger partial charge in [-0.3, -0.25) is 9.69 Å². The summed E-state index contributed by atoms with van der Waals surface area (Å²) in [5.41, 5.74) is 1.60. The molecule has 1 aliphatic rings. The molecule has 1 aromatic heterocycles. The molecule has 0 radical (unpaired) electrons. The zero-order valence-corrected chi connectivity index (χ0v) is 17.2. The molecular weight excluding hydrogens is 390 g/mol. The minimum atomic E-state index is -3.06. The molecule has 0 atom stereocenters. The highest BCUT2D eigenvalue weighted by molar-refractivity contribution is 6.01. The first-order valence-electron chi connectivity index (χ1n) is 9.69. The number of pyridine rings is 1. The minimum Gasteiger partial charge on any atom is -0.415 e. The number of aryl methyl sites for hydroxylation is 1. The van der Waals surface area contributed by atoms with Crippen molar-refractivity contribution >= 4 is 11.6 Å². The molecule has 158 valence electrons. The number of likely N-dealkylation sites (tertiary alicyclic amines) is 1. The van der Waals surface area contributed by atoms with Gasteiger partial charge in [0.15, 0.2) is 0 Å². The second-order valence-corrected chi connectivity index (χ2v) is 7.77. The van der Waals surface area contributed by atoms with Crippen molar-refractivity contribution in [3.8, 4) is 11.9 Å². The molecule has 1 amide bonds. The van der Waals surface area contributed by atoms with E-state index in [9.17, 15) is 13.6 Å². The van der Waals surface area contributed by atoms with Crippen molar-refractivity contribution in [2.45, 2.75) is 38.7 Å². The van der Waals surface area contributed by atoms with Crippen molar-refractivity contribution in [1.82, 2.24) is 9.88 Å². The van der Waals surface area contributed by atoms with Gasteiger partial charge < -0.3 is 10.1 Å². The molecule has 2 aromatic rings. The Hall–Kier alpha value is -3.05. The zero-order valence-electron chi connectivity index (χ0n) is 17.2. The van der Waals surface area contributed by atoms with Gasteiger partial charge in [0.1, 0.15) is 5.69 Å². The summed E-state index contributed by atoms with van der Waals surface area (Å²) in [6.07, 6.45) is 0. The van der Waals surface area contributed by atoms with Crippen molar-refractivity contribution in [3.05, 3.63) is 53.2 Å². The van der Waals surface area contributed by atoms with E-state index in [4.69, 9.17) is 5.26 Å². The lowest BCUT2D eigenvalue weighted by atomic mass is 9.69. The lowest BCUT2D eigenvalue weighted by Crippen LogP contribution is -2.65. The van der Waals surface area contributed by atoms with Gasteiger partial charge in [0.05, 0.1) is 18.0 Å². The molecular formula is C22H24F2N4O2. The third kappa shape index (κ3) is 4.26. The van der Waals surface area contributed by atoms with Crippen LogP contribution in [0, 0.1) is 18.3 Å². The average Bonchev–Trinajstić information content (AvgIpc) is 2.66. The van der Waals surface area contributed by atoms with Crippen LogP contribution in [0.25, 0.3) is 0 Å². The number of hydrogen-bond donors (Lipinski definition) is 1. The largest absolute Gasteiger partial charge is 0.415 e. The van der Waals surface area contributed by atoms with Crippen LogP contribution in [0.4, 0.5) is 14.5 Å². The van der Waals surface area contributed by atoms with Gasteiger partial charge in [0, 0.05) is 18.8 Å². The van der Waals surface area contributed by atoms with Crippen molar-refractivity contribution < 1.29 is 18.3 Å². The molecule has 6 nitrogen and oxygen atoms in total. The maximum atomic E-state index is 13.5. The fourth-order valence-electron chi connectivity index (χ4n) is 3.85. The minimum absolute atomic E-state index is 0.0889. The molecule has 1 saturated heterocycles. The Morgan fingerprint density at radius 2 is 2.00 bits per heavy atom. The number of carbonyl (C=O) groups excluding carboxylic acids is 1. The fraction of sp³-hybridized carbons (Fsp3) is 0.409. The quantitative estimate of drug-likeness (QED) is 0.697. The lowest BCUT2D eigenvalue weighted by Gasteiger charge is -2.49. The molecule has 0 unspecified atom stereocenters. The van der Waals surface area contributed by atoms with Crippen LogP contribution >= 0.6 is 0 Å². The van der Waals surface area contributed by atoms with Crippen LogP contribution in [-0.4, -0.2) is 42.0 Å². The van der Waals surface area contributed by atoms with Gasteiger partial charge in [-0.05, 0) is 36.1 Å². The lowest BCUT2D eigenvalue weighted by molar-refractivity contribution is -0.127. The van der Waals surface area contributed by atoms with E-state index in [-0.39, 0.29) is 29.9 Å². The summed E-state index contributed by atoms with van der Waals surface area (Å²) in [7, 11) is 0. The Bertz CT molecular complexity index is 966. The molecule has 1 N–H and O–H groups in total. The first kappa shape index (κ1) is 21.7. The predicted octanol–water partition coefficient (Wildman–Crippen LogP) is 3.83. The normalized spacial score (nSPS) is 15.5. The molecule has 1 aromatic carbocycles. The first-order chi connectivity index (χ1) is 14.3. The van der Waals surface area contributed by atoms with Crippen LogP contribution in [0.2, 0.25) is 0 Å². The van der Waals surface area contributed by atoms with Crippen molar-refractivity contribution in [1.29, 1.82) is 5.26 Å². The van der Waals surface area contributed by atoms with Gasteiger partial charge in [-0.1, -0.05) is 38.1 Å². The number of amides is 1. The summed E-state index contributed by atoms with van der Waals surface area (Å²) in [6.45, 7) is 3.63. The summed E-state index contributed by atoms with van der Waals surface area (Å²) in [4.78, 5) is 19.3.